The van der Waals surface area contributed by atoms with Crippen molar-refractivity contribution in [3.05, 3.63) is 36.3 Å². The van der Waals surface area contributed by atoms with Crippen LogP contribution in [0.2, 0.25) is 0 Å². The first-order valence-corrected chi connectivity index (χ1v) is 3.08. The summed E-state index contributed by atoms with van der Waals surface area (Å²) in [7, 11) is 0. The molecule has 10 heavy (non-hydrogen) atoms. The third-order valence-electron chi connectivity index (χ3n) is 1.28. The summed E-state index contributed by atoms with van der Waals surface area (Å²) in [6.07, 6.45) is 0.872. The highest BCUT2D eigenvalue weighted by molar-refractivity contribution is 5.12. The van der Waals surface area contributed by atoms with Gasteiger partial charge in [0.2, 0.25) is 0 Å². The molecule has 0 aliphatic carbocycles. The number of furan rings is 1. The summed E-state index contributed by atoms with van der Waals surface area (Å²) in [6, 6.07) is 3.46. The number of hydrogen-bond acceptors (Lipinski definition) is 2. The Morgan fingerprint density at radius 1 is 1.80 bits per heavy atom. The van der Waals surface area contributed by atoms with Crippen LogP contribution in [0.4, 0.5) is 0 Å². The van der Waals surface area contributed by atoms with Crippen molar-refractivity contribution in [3.63, 3.8) is 0 Å². The average molecular weight is 138 g/mol. The molecule has 2 nitrogen and oxygen atoms in total. The number of aliphatic hydroxyl groups is 1. The molecule has 0 spiro atoms. The molecule has 1 unspecified atom stereocenters. The topological polar surface area (TPSA) is 33.4 Å². The third kappa shape index (κ3) is 1.28. The Bertz CT molecular complexity index is 211. The molecule has 0 aliphatic rings. The summed E-state index contributed by atoms with van der Waals surface area (Å²) in [4.78, 5) is 0. The maximum absolute atomic E-state index is 9.29. The second-order valence-corrected chi connectivity index (χ2v) is 2.26. The van der Waals surface area contributed by atoms with E-state index in [4.69, 9.17) is 4.42 Å². The fourth-order valence-electron chi connectivity index (χ4n) is 0.690. The van der Waals surface area contributed by atoms with E-state index in [2.05, 4.69) is 6.58 Å². The molecule has 0 saturated heterocycles. The quantitative estimate of drug-likeness (QED) is 0.633. The van der Waals surface area contributed by atoms with E-state index in [0.717, 1.165) is 0 Å². The van der Waals surface area contributed by atoms with Gasteiger partial charge in [0.15, 0.2) is 0 Å². The summed E-state index contributed by atoms with van der Waals surface area (Å²) in [5, 5.41) is 9.29. The molecular weight excluding hydrogens is 128 g/mol. The normalized spacial score (nSPS) is 13.0. The van der Waals surface area contributed by atoms with Crippen molar-refractivity contribution >= 4 is 0 Å². The largest absolute Gasteiger partial charge is 0.466 e. The summed E-state index contributed by atoms with van der Waals surface area (Å²) >= 11 is 0. The zero-order chi connectivity index (χ0) is 7.56. The Balaban J connectivity index is 2.77. The maximum Gasteiger partial charge on any atom is 0.136 e. The van der Waals surface area contributed by atoms with Gasteiger partial charge < -0.3 is 9.52 Å². The monoisotopic (exact) mass is 138 g/mol. The highest BCUT2D eigenvalue weighted by Gasteiger charge is 2.09. The minimum absolute atomic E-state index is 0.549. The van der Waals surface area contributed by atoms with Crippen LogP contribution in [-0.2, 0) is 0 Å². The van der Waals surface area contributed by atoms with Crippen molar-refractivity contribution in [2.45, 2.75) is 13.0 Å². The van der Waals surface area contributed by atoms with Crippen molar-refractivity contribution < 1.29 is 9.52 Å². The van der Waals surface area contributed by atoms with Crippen LogP contribution >= 0.6 is 0 Å². The van der Waals surface area contributed by atoms with Crippen molar-refractivity contribution in [2.24, 2.45) is 0 Å². The van der Waals surface area contributed by atoms with Crippen molar-refractivity contribution in [2.75, 3.05) is 0 Å². The standard InChI is InChI=1S/C8H10O2/c1-6(2)8(9)7-4-3-5-10-7/h3-5,8-9H,1H2,2H3. The fourth-order valence-corrected chi connectivity index (χ4v) is 0.690. The highest BCUT2D eigenvalue weighted by Crippen LogP contribution is 2.19. The van der Waals surface area contributed by atoms with Crippen molar-refractivity contribution in [1.29, 1.82) is 0 Å². The predicted octanol–water partition coefficient (Wildman–Crippen LogP) is 1.89. The predicted molar refractivity (Wildman–Crippen MR) is 38.5 cm³/mol. The van der Waals surface area contributed by atoms with Gasteiger partial charge in [-0.15, -0.1) is 0 Å². The van der Waals surface area contributed by atoms with Crippen molar-refractivity contribution in [1.82, 2.24) is 0 Å². The molecule has 1 aromatic heterocycles. The molecule has 0 aromatic carbocycles. The number of hydrogen-bond donors (Lipinski definition) is 1. The van der Waals surface area contributed by atoms with Gasteiger partial charge in [0.25, 0.3) is 0 Å². The van der Waals surface area contributed by atoms with Gasteiger partial charge in [-0.3, -0.25) is 0 Å². The van der Waals surface area contributed by atoms with Crippen LogP contribution in [0.3, 0.4) is 0 Å². The summed E-state index contributed by atoms with van der Waals surface area (Å²) in [5.74, 6) is 0.549. The molecule has 0 fully saturated rings. The molecule has 2 heteroatoms. The molecular formula is C8H10O2. The molecule has 1 rings (SSSR count). The Labute approximate surface area is 59.8 Å². The lowest BCUT2D eigenvalue weighted by Gasteiger charge is -2.04. The van der Waals surface area contributed by atoms with Gasteiger partial charge in [-0.05, 0) is 24.6 Å². The van der Waals surface area contributed by atoms with E-state index in [1.807, 2.05) is 0 Å². The zero-order valence-electron chi connectivity index (χ0n) is 5.87. The number of aliphatic hydroxyl groups excluding tert-OH is 1. The average Bonchev–Trinajstić information content (AvgIpc) is 2.36. The van der Waals surface area contributed by atoms with Gasteiger partial charge in [-0.2, -0.15) is 0 Å². The lowest BCUT2D eigenvalue weighted by Crippen LogP contribution is -1.94. The fraction of sp³-hybridized carbons (Fsp3) is 0.250. The van der Waals surface area contributed by atoms with Gasteiger partial charge in [0.1, 0.15) is 11.9 Å². The second kappa shape index (κ2) is 2.71. The Kier molecular flexibility index (Phi) is 1.92. The smallest absolute Gasteiger partial charge is 0.136 e. The minimum atomic E-state index is -0.657. The maximum atomic E-state index is 9.29. The van der Waals surface area contributed by atoms with E-state index in [0.29, 0.717) is 11.3 Å². The number of rotatable bonds is 2. The first-order chi connectivity index (χ1) is 4.72. The molecule has 1 atom stereocenters. The highest BCUT2D eigenvalue weighted by atomic mass is 16.4. The second-order valence-electron chi connectivity index (χ2n) is 2.26. The van der Waals surface area contributed by atoms with E-state index in [-0.39, 0.29) is 0 Å². The van der Waals surface area contributed by atoms with Crippen LogP contribution in [0.1, 0.15) is 18.8 Å². The molecule has 54 valence electrons. The van der Waals surface area contributed by atoms with Crippen LogP contribution < -0.4 is 0 Å². The van der Waals surface area contributed by atoms with E-state index in [1.54, 1.807) is 19.1 Å². The summed E-state index contributed by atoms with van der Waals surface area (Å²) in [5.41, 5.74) is 0.690. The van der Waals surface area contributed by atoms with Crippen molar-refractivity contribution in [3.8, 4) is 0 Å². The van der Waals surface area contributed by atoms with Crippen LogP contribution in [0.25, 0.3) is 0 Å². The van der Waals surface area contributed by atoms with E-state index >= 15 is 0 Å². The summed E-state index contributed by atoms with van der Waals surface area (Å²) in [6.45, 7) is 5.36. The molecule has 0 saturated carbocycles. The Morgan fingerprint density at radius 3 is 2.90 bits per heavy atom. The van der Waals surface area contributed by atoms with Crippen LogP contribution in [0.5, 0.6) is 0 Å². The third-order valence-corrected chi connectivity index (χ3v) is 1.28. The van der Waals surface area contributed by atoms with Gasteiger partial charge in [0, 0.05) is 0 Å². The summed E-state index contributed by atoms with van der Waals surface area (Å²) < 4.78 is 4.95. The lowest BCUT2D eigenvalue weighted by atomic mass is 10.1. The van der Waals surface area contributed by atoms with Gasteiger partial charge in [-0.25, -0.2) is 0 Å². The van der Waals surface area contributed by atoms with Crippen LogP contribution in [0, 0.1) is 0 Å². The molecule has 0 bridgehead atoms. The van der Waals surface area contributed by atoms with E-state index < -0.39 is 6.10 Å². The zero-order valence-corrected chi connectivity index (χ0v) is 5.87. The van der Waals surface area contributed by atoms with E-state index in [1.165, 1.54) is 6.26 Å². The first-order valence-electron chi connectivity index (χ1n) is 3.08. The molecule has 0 amide bonds. The van der Waals surface area contributed by atoms with E-state index in [9.17, 15) is 5.11 Å². The molecule has 1 aromatic rings. The molecule has 1 N–H and O–H groups in total. The minimum Gasteiger partial charge on any atom is -0.466 e. The van der Waals surface area contributed by atoms with Crippen LogP contribution in [-0.4, -0.2) is 5.11 Å². The molecule has 0 aliphatic heterocycles. The van der Waals surface area contributed by atoms with Gasteiger partial charge >= 0.3 is 0 Å². The molecule has 1 heterocycles. The molecule has 0 radical (unpaired) electrons. The SMILES string of the molecule is C=C(C)C(O)c1ccco1. The first kappa shape index (κ1) is 7.09. The van der Waals surface area contributed by atoms with Gasteiger partial charge in [-0.1, -0.05) is 6.58 Å². The Hall–Kier alpha value is -1.02. The van der Waals surface area contributed by atoms with Crippen LogP contribution in [0.15, 0.2) is 35.0 Å². The Morgan fingerprint density at radius 2 is 2.50 bits per heavy atom. The van der Waals surface area contributed by atoms with Gasteiger partial charge in [0.05, 0.1) is 6.26 Å². The lowest BCUT2D eigenvalue weighted by molar-refractivity contribution is 0.185.